The highest BCUT2D eigenvalue weighted by Crippen LogP contribution is 2.11. The van der Waals surface area contributed by atoms with E-state index in [1.807, 2.05) is 12.1 Å². The summed E-state index contributed by atoms with van der Waals surface area (Å²) in [5.41, 5.74) is 1.78. The van der Waals surface area contributed by atoms with Crippen molar-refractivity contribution in [2.24, 2.45) is 0 Å². The molecule has 4 nitrogen and oxygen atoms in total. The summed E-state index contributed by atoms with van der Waals surface area (Å²) in [5, 5.41) is 3.42. The van der Waals surface area contributed by atoms with Crippen LogP contribution >= 0.6 is 0 Å². The van der Waals surface area contributed by atoms with E-state index < -0.39 is 0 Å². The van der Waals surface area contributed by atoms with Crippen molar-refractivity contribution in [2.75, 3.05) is 26.7 Å². The molecule has 1 aromatic rings. The molecule has 0 radical (unpaired) electrons. The summed E-state index contributed by atoms with van der Waals surface area (Å²) in [6, 6.07) is 8.20. The first-order valence-electron chi connectivity index (χ1n) is 6.32. The van der Waals surface area contributed by atoms with Crippen molar-refractivity contribution in [1.29, 1.82) is 0 Å². The second-order valence-electron chi connectivity index (χ2n) is 4.78. The summed E-state index contributed by atoms with van der Waals surface area (Å²) in [4.78, 5) is 13.9. The molecule has 1 N–H and O–H groups in total. The van der Waals surface area contributed by atoms with E-state index in [4.69, 9.17) is 4.74 Å². The number of methoxy groups -OCH3 is 1. The average Bonchev–Trinajstić information content (AvgIpc) is 2.38. The average molecular weight is 248 g/mol. The summed E-state index contributed by atoms with van der Waals surface area (Å²) < 4.78 is 4.74. The highest BCUT2D eigenvalue weighted by molar-refractivity contribution is 5.89. The maximum Gasteiger partial charge on any atom is 0.337 e. The van der Waals surface area contributed by atoms with Crippen LogP contribution < -0.4 is 5.32 Å². The zero-order chi connectivity index (χ0) is 13.0. The van der Waals surface area contributed by atoms with Crippen LogP contribution in [0, 0.1) is 0 Å². The number of nitrogens with one attached hydrogen (secondary N) is 1. The first-order chi connectivity index (χ1) is 8.69. The number of carbonyl (C=O) groups excluding carboxylic acids is 1. The quantitative estimate of drug-likeness (QED) is 0.818. The van der Waals surface area contributed by atoms with Gasteiger partial charge in [-0.25, -0.2) is 4.79 Å². The number of nitrogens with zero attached hydrogens (tertiary/aromatic N) is 1. The molecule has 0 bridgehead atoms. The summed E-state index contributed by atoms with van der Waals surface area (Å²) >= 11 is 0. The highest BCUT2D eigenvalue weighted by atomic mass is 16.5. The van der Waals surface area contributed by atoms with Crippen LogP contribution in [0.25, 0.3) is 0 Å². The van der Waals surface area contributed by atoms with Crippen molar-refractivity contribution in [3.05, 3.63) is 35.4 Å². The summed E-state index contributed by atoms with van der Waals surface area (Å²) in [5.74, 6) is -0.273. The van der Waals surface area contributed by atoms with Crippen molar-refractivity contribution in [3.8, 4) is 0 Å². The number of hydrogen-bond donors (Lipinski definition) is 1. The number of carbonyl (C=O) groups is 1. The SMILES string of the molecule is COC(=O)c1cccc(CN2CCN[C@H](C)C2)c1. The highest BCUT2D eigenvalue weighted by Gasteiger charge is 2.16. The Hall–Kier alpha value is -1.39. The Labute approximate surface area is 108 Å². The summed E-state index contributed by atoms with van der Waals surface area (Å²) in [6.45, 7) is 6.20. The van der Waals surface area contributed by atoms with Crippen LogP contribution in [0.1, 0.15) is 22.8 Å². The van der Waals surface area contributed by atoms with Gasteiger partial charge in [-0.15, -0.1) is 0 Å². The normalized spacial score (nSPS) is 20.7. The molecule has 0 unspecified atom stereocenters. The lowest BCUT2D eigenvalue weighted by Gasteiger charge is -2.31. The molecule has 1 fully saturated rings. The van der Waals surface area contributed by atoms with E-state index in [9.17, 15) is 4.79 Å². The van der Waals surface area contributed by atoms with Crippen LogP contribution in [0.4, 0.5) is 0 Å². The van der Waals surface area contributed by atoms with Gasteiger partial charge in [-0.1, -0.05) is 12.1 Å². The molecule has 1 aromatic carbocycles. The van der Waals surface area contributed by atoms with Crippen LogP contribution in [-0.4, -0.2) is 43.7 Å². The van der Waals surface area contributed by atoms with Gasteiger partial charge in [0.2, 0.25) is 0 Å². The van der Waals surface area contributed by atoms with Crippen LogP contribution in [-0.2, 0) is 11.3 Å². The molecule has 18 heavy (non-hydrogen) atoms. The second-order valence-corrected chi connectivity index (χ2v) is 4.78. The molecule has 2 rings (SSSR count). The Morgan fingerprint density at radius 1 is 1.56 bits per heavy atom. The fraction of sp³-hybridized carbons (Fsp3) is 0.500. The molecule has 0 amide bonds. The summed E-state index contributed by atoms with van der Waals surface area (Å²) in [6.07, 6.45) is 0. The lowest BCUT2D eigenvalue weighted by molar-refractivity contribution is 0.0600. The maximum absolute atomic E-state index is 11.5. The number of esters is 1. The van der Waals surface area contributed by atoms with E-state index in [-0.39, 0.29) is 5.97 Å². The minimum Gasteiger partial charge on any atom is -0.465 e. The van der Waals surface area contributed by atoms with Gasteiger partial charge in [-0.3, -0.25) is 4.90 Å². The van der Waals surface area contributed by atoms with E-state index in [0.29, 0.717) is 11.6 Å². The summed E-state index contributed by atoms with van der Waals surface area (Å²) in [7, 11) is 1.41. The fourth-order valence-electron chi connectivity index (χ4n) is 2.33. The monoisotopic (exact) mass is 248 g/mol. The smallest absolute Gasteiger partial charge is 0.337 e. The minimum absolute atomic E-state index is 0.273. The van der Waals surface area contributed by atoms with Gasteiger partial charge < -0.3 is 10.1 Å². The van der Waals surface area contributed by atoms with Gasteiger partial charge in [0, 0.05) is 32.2 Å². The molecule has 0 aromatic heterocycles. The van der Waals surface area contributed by atoms with Crippen molar-refractivity contribution in [2.45, 2.75) is 19.5 Å². The fourth-order valence-corrected chi connectivity index (χ4v) is 2.33. The molecule has 1 aliphatic rings. The first kappa shape index (κ1) is 13.1. The lowest BCUT2D eigenvalue weighted by atomic mass is 10.1. The molecule has 1 heterocycles. The third-order valence-corrected chi connectivity index (χ3v) is 3.21. The van der Waals surface area contributed by atoms with Crippen molar-refractivity contribution >= 4 is 5.97 Å². The van der Waals surface area contributed by atoms with Gasteiger partial charge >= 0.3 is 5.97 Å². The number of piperazine rings is 1. The van der Waals surface area contributed by atoms with Gasteiger partial charge in [-0.2, -0.15) is 0 Å². The van der Waals surface area contributed by atoms with Crippen LogP contribution in [0.2, 0.25) is 0 Å². The third kappa shape index (κ3) is 3.31. The van der Waals surface area contributed by atoms with E-state index in [1.165, 1.54) is 7.11 Å². The van der Waals surface area contributed by atoms with Crippen LogP contribution in [0.5, 0.6) is 0 Å². The molecule has 0 aliphatic carbocycles. The van der Waals surface area contributed by atoms with E-state index >= 15 is 0 Å². The Kier molecular flexibility index (Phi) is 4.33. The number of benzene rings is 1. The third-order valence-electron chi connectivity index (χ3n) is 3.21. The molecule has 1 saturated heterocycles. The molecule has 1 aliphatic heterocycles. The van der Waals surface area contributed by atoms with Crippen LogP contribution in [0.15, 0.2) is 24.3 Å². The van der Waals surface area contributed by atoms with Crippen molar-refractivity contribution in [3.63, 3.8) is 0 Å². The van der Waals surface area contributed by atoms with E-state index in [2.05, 4.69) is 23.2 Å². The van der Waals surface area contributed by atoms with Crippen molar-refractivity contribution < 1.29 is 9.53 Å². The number of hydrogen-bond acceptors (Lipinski definition) is 4. The second kappa shape index (κ2) is 5.98. The Balaban J connectivity index is 2.02. The zero-order valence-electron chi connectivity index (χ0n) is 11.0. The predicted molar refractivity (Wildman–Crippen MR) is 70.5 cm³/mol. The van der Waals surface area contributed by atoms with Gasteiger partial charge in [0.05, 0.1) is 12.7 Å². The Morgan fingerprint density at radius 2 is 2.39 bits per heavy atom. The molecular weight excluding hydrogens is 228 g/mol. The molecule has 0 saturated carbocycles. The maximum atomic E-state index is 11.5. The number of ether oxygens (including phenoxy) is 1. The van der Waals surface area contributed by atoms with Crippen molar-refractivity contribution in [1.82, 2.24) is 10.2 Å². The predicted octanol–water partition coefficient (Wildman–Crippen LogP) is 1.27. The molecule has 0 spiro atoms. The first-order valence-corrected chi connectivity index (χ1v) is 6.32. The van der Waals surface area contributed by atoms with Crippen LogP contribution in [0.3, 0.4) is 0 Å². The molecule has 98 valence electrons. The molecule has 4 heteroatoms. The molecular formula is C14H20N2O2. The number of rotatable bonds is 3. The van der Waals surface area contributed by atoms with E-state index in [1.54, 1.807) is 6.07 Å². The standard InChI is InChI=1S/C14H20N2O2/c1-11-9-16(7-6-15-11)10-12-4-3-5-13(8-12)14(17)18-2/h3-5,8,11,15H,6-7,9-10H2,1-2H3/t11-/m1/s1. The van der Waals surface area contributed by atoms with Gasteiger partial charge in [0.15, 0.2) is 0 Å². The largest absolute Gasteiger partial charge is 0.465 e. The lowest BCUT2D eigenvalue weighted by Crippen LogP contribution is -2.48. The van der Waals surface area contributed by atoms with Gasteiger partial charge in [0.1, 0.15) is 0 Å². The van der Waals surface area contributed by atoms with Gasteiger partial charge in [-0.05, 0) is 24.6 Å². The zero-order valence-corrected chi connectivity index (χ0v) is 11.0. The Morgan fingerprint density at radius 3 is 3.11 bits per heavy atom. The van der Waals surface area contributed by atoms with E-state index in [0.717, 1.165) is 31.7 Å². The van der Waals surface area contributed by atoms with Gasteiger partial charge in [0.25, 0.3) is 0 Å². The topological polar surface area (TPSA) is 41.6 Å². The minimum atomic E-state index is -0.273. The Bertz CT molecular complexity index is 420. The molecule has 1 atom stereocenters.